The fraction of sp³-hybridized carbons (Fsp3) is 0.160. The van der Waals surface area contributed by atoms with E-state index in [4.69, 9.17) is 9.47 Å². The highest BCUT2D eigenvalue weighted by Gasteiger charge is 2.31. The lowest BCUT2D eigenvalue weighted by Crippen LogP contribution is -2.17. The van der Waals surface area contributed by atoms with Crippen LogP contribution in [0.1, 0.15) is 24.3 Å². The fourth-order valence-electron chi connectivity index (χ4n) is 3.50. The lowest BCUT2D eigenvalue weighted by molar-refractivity contribution is -0.274. The molecule has 0 radical (unpaired) electrons. The Hall–Kier alpha value is -4.14. The number of hydrogen-bond acceptors (Lipinski definition) is 4. The number of alkyl halides is 3. The van der Waals surface area contributed by atoms with E-state index >= 15 is 0 Å². The summed E-state index contributed by atoms with van der Waals surface area (Å²) < 4.78 is 54.4. The molecule has 1 aromatic heterocycles. The third-order valence-electron chi connectivity index (χ3n) is 4.74. The van der Waals surface area contributed by atoms with Crippen molar-refractivity contribution >= 4 is 16.9 Å². The fourth-order valence-corrected chi connectivity index (χ4v) is 3.50. The van der Waals surface area contributed by atoms with E-state index in [9.17, 15) is 23.1 Å². The largest absolute Gasteiger partial charge is 0.573 e. The van der Waals surface area contributed by atoms with Gasteiger partial charge in [-0.05, 0) is 68.4 Å². The van der Waals surface area contributed by atoms with Crippen molar-refractivity contribution in [1.29, 1.82) is 0 Å². The van der Waals surface area contributed by atoms with Gasteiger partial charge in [-0.3, -0.25) is 0 Å². The second-order valence-electron chi connectivity index (χ2n) is 7.68. The molecular formula is C25H20F3NO5. The van der Waals surface area contributed by atoms with Crippen LogP contribution in [0.25, 0.3) is 16.6 Å². The highest BCUT2D eigenvalue weighted by Crippen LogP contribution is 2.33. The molecule has 1 heterocycles. The van der Waals surface area contributed by atoms with E-state index in [1.54, 1.807) is 47.0 Å². The van der Waals surface area contributed by atoms with Crippen molar-refractivity contribution in [2.45, 2.75) is 26.3 Å². The third-order valence-corrected chi connectivity index (χ3v) is 4.74. The van der Waals surface area contributed by atoms with E-state index in [0.717, 1.165) is 6.07 Å². The molecule has 34 heavy (non-hydrogen) atoms. The van der Waals surface area contributed by atoms with Crippen LogP contribution in [0.2, 0.25) is 0 Å². The van der Waals surface area contributed by atoms with Crippen molar-refractivity contribution in [2.75, 3.05) is 0 Å². The molecule has 0 fully saturated rings. The number of aromatic carboxylic acids is 1. The third kappa shape index (κ3) is 5.25. The van der Waals surface area contributed by atoms with Crippen LogP contribution in [0.15, 0.2) is 72.8 Å². The number of fused-ring (bicyclic) bond motifs is 1. The zero-order valence-corrected chi connectivity index (χ0v) is 18.2. The molecule has 0 saturated heterocycles. The molecule has 0 saturated carbocycles. The van der Waals surface area contributed by atoms with E-state index in [1.807, 2.05) is 13.8 Å². The van der Waals surface area contributed by atoms with Gasteiger partial charge in [-0.1, -0.05) is 6.07 Å². The summed E-state index contributed by atoms with van der Waals surface area (Å²) in [6.07, 6.45) is -4.82. The second-order valence-corrected chi connectivity index (χ2v) is 7.68. The molecular weight excluding hydrogens is 451 g/mol. The quantitative estimate of drug-likeness (QED) is 0.321. The number of halogens is 3. The predicted octanol–water partition coefficient (Wildman–Crippen LogP) is 6.81. The molecule has 3 aromatic carbocycles. The van der Waals surface area contributed by atoms with Gasteiger partial charge in [0.05, 0.1) is 11.6 Å². The average molecular weight is 471 g/mol. The first-order valence-electron chi connectivity index (χ1n) is 10.3. The van der Waals surface area contributed by atoms with Gasteiger partial charge >= 0.3 is 12.3 Å². The zero-order valence-electron chi connectivity index (χ0n) is 18.2. The Labute approximate surface area is 192 Å². The van der Waals surface area contributed by atoms with E-state index in [2.05, 4.69) is 4.74 Å². The number of aromatic nitrogens is 1. The number of carbonyl (C=O) groups is 1. The van der Waals surface area contributed by atoms with Crippen molar-refractivity contribution in [2.24, 2.45) is 0 Å². The Morgan fingerprint density at radius 2 is 1.53 bits per heavy atom. The van der Waals surface area contributed by atoms with Crippen LogP contribution in [-0.4, -0.2) is 28.1 Å². The number of carboxylic acids is 1. The maximum Gasteiger partial charge on any atom is 0.573 e. The molecule has 0 aliphatic rings. The number of carboxylic acid groups (broad SMARTS) is 1. The van der Waals surface area contributed by atoms with Gasteiger partial charge in [-0.25, -0.2) is 4.79 Å². The molecule has 4 rings (SSSR count). The first-order chi connectivity index (χ1) is 16.1. The minimum Gasteiger partial charge on any atom is -0.491 e. The van der Waals surface area contributed by atoms with Crippen molar-refractivity contribution in [3.05, 3.63) is 78.5 Å². The van der Waals surface area contributed by atoms with Gasteiger partial charge in [-0.15, -0.1) is 13.2 Å². The van der Waals surface area contributed by atoms with Gasteiger partial charge in [0.1, 0.15) is 28.7 Å². The maximum atomic E-state index is 12.5. The molecule has 0 aliphatic heterocycles. The lowest BCUT2D eigenvalue weighted by atomic mass is 10.2. The van der Waals surface area contributed by atoms with Crippen LogP contribution < -0.4 is 14.2 Å². The minimum atomic E-state index is -4.82. The zero-order chi connectivity index (χ0) is 24.5. The average Bonchev–Trinajstić information content (AvgIpc) is 3.12. The first-order valence-corrected chi connectivity index (χ1v) is 10.3. The van der Waals surface area contributed by atoms with Crippen LogP contribution in [0.5, 0.6) is 23.0 Å². The van der Waals surface area contributed by atoms with Crippen LogP contribution in [0, 0.1) is 0 Å². The Kier molecular flexibility index (Phi) is 6.10. The van der Waals surface area contributed by atoms with Gasteiger partial charge in [0.25, 0.3) is 0 Å². The summed E-state index contributed by atoms with van der Waals surface area (Å²) in [6.45, 7) is 3.81. The summed E-state index contributed by atoms with van der Waals surface area (Å²) in [4.78, 5) is 11.9. The highest BCUT2D eigenvalue weighted by atomic mass is 19.4. The molecule has 1 N–H and O–H groups in total. The topological polar surface area (TPSA) is 69.9 Å². The monoisotopic (exact) mass is 471 g/mol. The number of benzene rings is 3. The summed E-state index contributed by atoms with van der Waals surface area (Å²) in [6, 6.07) is 18.6. The van der Waals surface area contributed by atoms with Crippen LogP contribution in [-0.2, 0) is 0 Å². The van der Waals surface area contributed by atoms with Gasteiger partial charge in [0.2, 0.25) is 0 Å². The summed E-state index contributed by atoms with van der Waals surface area (Å²) in [5, 5.41) is 10.4. The molecule has 0 bridgehead atoms. The summed E-state index contributed by atoms with van der Waals surface area (Å²) in [5.74, 6) is -0.429. The standard InChI is InChI=1S/C25H20F3NO5/c1-15(2)32-18-10-7-17(8-11-18)29-22-14-20(9-6-16(22)12-23(29)24(30)31)33-19-4-3-5-21(13-19)34-25(26,27)28/h3-15H,1-2H3,(H,30,31). The second kappa shape index (κ2) is 9.01. The number of ether oxygens (including phenoxy) is 3. The molecule has 4 aromatic rings. The Bertz CT molecular complexity index is 1330. The van der Waals surface area contributed by atoms with Gasteiger partial charge < -0.3 is 23.9 Å². The summed E-state index contributed by atoms with van der Waals surface area (Å²) in [7, 11) is 0. The van der Waals surface area contributed by atoms with E-state index in [-0.39, 0.29) is 17.5 Å². The normalized spacial score (nSPS) is 11.6. The van der Waals surface area contributed by atoms with E-state index in [1.165, 1.54) is 24.3 Å². The van der Waals surface area contributed by atoms with Crippen LogP contribution in [0.4, 0.5) is 13.2 Å². The highest BCUT2D eigenvalue weighted by molar-refractivity contribution is 5.96. The molecule has 0 aliphatic carbocycles. The maximum absolute atomic E-state index is 12.5. The summed E-state index contributed by atoms with van der Waals surface area (Å²) in [5.41, 5.74) is 1.20. The van der Waals surface area contributed by atoms with Crippen molar-refractivity contribution in [3.8, 4) is 28.7 Å². The van der Waals surface area contributed by atoms with Gasteiger partial charge in [-0.2, -0.15) is 0 Å². The number of nitrogens with zero attached hydrogens (tertiary/aromatic N) is 1. The van der Waals surface area contributed by atoms with E-state index < -0.39 is 18.1 Å². The smallest absolute Gasteiger partial charge is 0.491 e. The summed E-state index contributed by atoms with van der Waals surface area (Å²) >= 11 is 0. The molecule has 176 valence electrons. The van der Waals surface area contributed by atoms with Gasteiger partial charge in [0.15, 0.2) is 0 Å². The van der Waals surface area contributed by atoms with E-state index in [0.29, 0.717) is 28.1 Å². The molecule has 0 unspecified atom stereocenters. The van der Waals surface area contributed by atoms with Crippen LogP contribution in [0.3, 0.4) is 0 Å². The van der Waals surface area contributed by atoms with Crippen molar-refractivity contribution in [1.82, 2.24) is 4.57 Å². The molecule has 0 amide bonds. The Balaban J connectivity index is 1.71. The number of hydrogen-bond donors (Lipinski definition) is 1. The first kappa shape index (κ1) is 23.0. The van der Waals surface area contributed by atoms with Gasteiger partial charge in [0, 0.05) is 23.2 Å². The molecule has 0 spiro atoms. The molecule has 6 nitrogen and oxygen atoms in total. The SMILES string of the molecule is CC(C)Oc1ccc(-n2c(C(=O)O)cc3ccc(Oc4cccc(OC(F)(F)F)c4)cc32)cc1. The Morgan fingerprint density at radius 1 is 0.882 bits per heavy atom. The lowest BCUT2D eigenvalue weighted by Gasteiger charge is -2.13. The van der Waals surface area contributed by atoms with Crippen LogP contribution >= 0.6 is 0 Å². The minimum absolute atomic E-state index is 0.00687. The predicted molar refractivity (Wildman–Crippen MR) is 119 cm³/mol. The van der Waals surface area contributed by atoms with Crippen molar-refractivity contribution < 1.29 is 37.3 Å². The van der Waals surface area contributed by atoms with Crippen molar-refractivity contribution in [3.63, 3.8) is 0 Å². The number of rotatable bonds is 7. The molecule has 0 atom stereocenters. The molecule has 9 heteroatoms. The Morgan fingerprint density at radius 3 is 2.18 bits per heavy atom.